The van der Waals surface area contributed by atoms with Crippen LogP contribution in [-0.4, -0.2) is 140 Å². The number of carbonyl (C=O) groups is 1. The third-order valence-corrected chi connectivity index (χ3v) is 18.2. The average Bonchev–Trinajstić information content (AvgIpc) is 3.66. The molecule has 0 aromatic rings. The third kappa shape index (κ3) is 41.0. The molecule has 2 rings (SSSR count). The van der Waals surface area contributed by atoms with Gasteiger partial charge in [0.05, 0.1) is 32.0 Å². The summed E-state index contributed by atoms with van der Waals surface area (Å²) in [4.78, 5) is 13.3. The first-order valence-electron chi connectivity index (χ1n) is 36.4. The van der Waals surface area contributed by atoms with Crippen LogP contribution in [0, 0.1) is 0 Å². The lowest BCUT2D eigenvalue weighted by molar-refractivity contribution is -0.359. The Bertz CT molecular complexity index is 1470. The zero-order valence-corrected chi connectivity index (χ0v) is 54.9. The van der Waals surface area contributed by atoms with Crippen molar-refractivity contribution in [3.8, 4) is 0 Å². The standard InChI is InChI=1S/C71H137NO13/c1-3-5-7-9-11-13-15-17-18-19-20-21-22-23-24-25-26-27-28-29-30-31-32-33-34-35-36-37-38-39-40-41-42-43-45-47-49-51-53-55-63(76)72-59(60(75)54-52-50-48-46-44-16-14-12-10-8-6-4-2)58-82-70-68(81)66(79)69(62(57-74)84-70)85-71-67(80)65(78)64(77)61(56-73)83-71/h52,54,59-62,64-71,73-75,77-81H,3-51,53,55-58H2,1-2H3,(H,72,76)/b54-52+. The molecule has 2 aliphatic heterocycles. The maximum absolute atomic E-state index is 13.3. The van der Waals surface area contributed by atoms with Crippen LogP contribution in [-0.2, 0) is 23.7 Å². The van der Waals surface area contributed by atoms with Crippen LogP contribution in [0.5, 0.6) is 0 Å². The van der Waals surface area contributed by atoms with Crippen LogP contribution in [0.4, 0.5) is 0 Å². The monoisotopic (exact) mass is 1210 g/mol. The van der Waals surface area contributed by atoms with Gasteiger partial charge in [0.25, 0.3) is 0 Å². The highest BCUT2D eigenvalue weighted by molar-refractivity contribution is 5.76. The minimum absolute atomic E-state index is 0.233. The Kier molecular flexibility index (Phi) is 53.2. The molecular formula is C71H137NO13. The van der Waals surface area contributed by atoms with Crippen molar-refractivity contribution < 1.29 is 64.6 Å². The van der Waals surface area contributed by atoms with Gasteiger partial charge in [-0.3, -0.25) is 4.79 Å². The molecule has 504 valence electrons. The summed E-state index contributed by atoms with van der Waals surface area (Å²) in [5.41, 5.74) is 0. The molecule has 2 saturated heterocycles. The number of carbonyl (C=O) groups excluding carboxylic acids is 1. The first kappa shape index (κ1) is 79.8. The molecule has 0 aromatic carbocycles. The summed E-state index contributed by atoms with van der Waals surface area (Å²) in [7, 11) is 0. The first-order chi connectivity index (χ1) is 41.6. The van der Waals surface area contributed by atoms with E-state index < -0.39 is 86.8 Å². The summed E-state index contributed by atoms with van der Waals surface area (Å²) in [6.45, 7) is 2.83. The van der Waals surface area contributed by atoms with Crippen molar-refractivity contribution in [2.24, 2.45) is 0 Å². The number of amides is 1. The normalized spacial score (nSPS) is 23.5. The SMILES string of the molecule is CCCCCCCCCCCC/C=C/C(O)C(COC1OC(CO)C(OC2OC(CO)C(O)C(O)C2O)C(O)C1O)NC(=O)CCCCCCCCCCCCCCCCCCCCCCCCCCCCCCCCCCCCCCCCC. The molecule has 2 heterocycles. The van der Waals surface area contributed by atoms with Crippen LogP contribution < -0.4 is 5.32 Å². The van der Waals surface area contributed by atoms with E-state index in [9.17, 15) is 45.6 Å². The fourth-order valence-electron chi connectivity index (χ4n) is 12.4. The number of unbranched alkanes of at least 4 members (excludes halogenated alkanes) is 48. The van der Waals surface area contributed by atoms with Crippen LogP contribution in [0.15, 0.2) is 12.2 Å². The molecule has 0 spiro atoms. The highest BCUT2D eigenvalue weighted by atomic mass is 16.7. The number of rotatable bonds is 61. The van der Waals surface area contributed by atoms with Gasteiger partial charge in [-0.1, -0.05) is 328 Å². The van der Waals surface area contributed by atoms with Gasteiger partial charge in [-0.25, -0.2) is 0 Å². The van der Waals surface area contributed by atoms with Gasteiger partial charge >= 0.3 is 0 Å². The van der Waals surface area contributed by atoms with Gasteiger partial charge in [-0.15, -0.1) is 0 Å². The molecule has 0 radical (unpaired) electrons. The van der Waals surface area contributed by atoms with E-state index in [-0.39, 0.29) is 18.9 Å². The second kappa shape index (κ2) is 56.7. The number of ether oxygens (including phenoxy) is 4. The smallest absolute Gasteiger partial charge is 0.220 e. The maximum atomic E-state index is 13.3. The van der Waals surface area contributed by atoms with Gasteiger partial charge in [0.15, 0.2) is 12.6 Å². The topological polar surface area (TPSA) is 228 Å². The van der Waals surface area contributed by atoms with Crippen LogP contribution in [0.1, 0.15) is 341 Å². The molecule has 0 bridgehead atoms. The molecular weight excluding hydrogens is 1070 g/mol. The van der Waals surface area contributed by atoms with Gasteiger partial charge < -0.3 is 65.1 Å². The first-order valence-corrected chi connectivity index (χ1v) is 36.4. The summed E-state index contributed by atoms with van der Waals surface area (Å²) in [6.07, 6.45) is 53.2. The largest absolute Gasteiger partial charge is 0.394 e. The Morgan fingerprint density at radius 3 is 1.08 bits per heavy atom. The summed E-state index contributed by atoms with van der Waals surface area (Å²) in [5.74, 6) is -0.233. The minimum atomic E-state index is -1.79. The van der Waals surface area contributed by atoms with Crippen LogP contribution in [0.2, 0.25) is 0 Å². The van der Waals surface area contributed by atoms with Crippen LogP contribution in [0.25, 0.3) is 0 Å². The summed E-state index contributed by atoms with van der Waals surface area (Å²) < 4.78 is 22.8. The lowest BCUT2D eigenvalue weighted by atomic mass is 9.97. The van der Waals surface area contributed by atoms with Gasteiger partial charge in [0, 0.05) is 6.42 Å². The Morgan fingerprint density at radius 1 is 0.412 bits per heavy atom. The van der Waals surface area contributed by atoms with E-state index in [0.717, 1.165) is 38.5 Å². The molecule has 0 aromatic heterocycles. The quantitative estimate of drug-likeness (QED) is 0.0204. The number of nitrogens with one attached hydrogen (secondary N) is 1. The summed E-state index contributed by atoms with van der Waals surface area (Å²) in [5, 5.41) is 87.2. The Hall–Kier alpha value is -1.27. The van der Waals surface area contributed by atoms with Crippen molar-refractivity contribution in [3.05, 3.63) is 12.2 Å². The van der Waals surface area contributed by atoms with Gasteiger partial charge in [0.1, 0.15) is 48.8 Å². The molecule has 2 aliphatic rings. The number of hydrogen-bond acceptors (Lipinski definition) is 13. The van der Waals surface area contributed by atoms with Gasteiger partial charge in [-0.05, 0) is 19.3 Å². The van der Waals surface area contributed by atoms with Crippen molar-refractivity contribution in [1.29, 1.82) is 0 Å². The Labute approximate surface area is 520 Å². The van der Waals surface area contributed by atoms with E-state index >= 15 is 0 Å². The second-order valence-corrected chi connectivity index (χ2v) is 26.1. The van der Waals surface area contributed by atoms with Crippen molar-refractivity contribution in [2.45, 2.75) is 415 Å². The molecule has 14 nitrogen and oxygen atoms in total. The van der Waals surface area contributed by atoms with E-state index in [1.807, 2.05) is 6.08 Å². The van der Waals surface area contributed by atoms with Gasteiger partial charge in [-0.2, -0.15) is 0 Å². The number of aliphatic hydroxyl groups is 8. The van der Waals surface area contributed by atoms with E-state index in [0.29, 0.717) is 6.42 Å². The molecule has 14 heteroatoms. The lowest BCUT2D eigenvalue weighted by Gasteiger charge is -2.46. The van der Waals surface area contributed by atoms with Crippen molar-refractivity contribution in [1.82, 2.24) is 5.32 Å². The fourth-order valence-corrected chi connectivity index (χ4v) is 12.4. The number of hydrogen-bond donors (Lipinski definition) is 9. The van der Waals surface area contributed by atoms with Crippen molar-refractivity contribution in [3.63, 3.8) is 0 Å². The molecule has 0 aliphatic carbocycles. The molecule has 1 amide bonds. The van der Waals surface area contributed by atoms with Gasteiger partial charge in [0.2, 0.25) is 5.91 Å². The molecule has 0 saturated carbocycles. The van der Waals surface area contributed by atoms with Crippen LogP contribution in [0.3, 0.4) is 0 Å². The Balaban J connectivity index is 1.52. The van der Waals surface area contributed by atoms with E-state index in [2.05, 4.69) is 19.2 Å². The zero-order chi connectivity index (χ0) is 61.6. The highest BCUT2D eigenvalue weighted by Crippen LogP contribution is 2.30. The van der Waals surface area contributed by atoms with Crippen molar-refractivity contribution in [2.75, 3.05) is 19.8 Å². The molecule has 85 heavy (non-hydrogen) atoms. The molecule has 12 unspecified atom stereocenters. The predicted molar refractivity (Wildman–Crippen MR) is 346 cm³/mol. The van der Waals surface area contributed by atoms with E-state index in [1.165, 1.54) is 276 Å². The predicted octanol–water partition coefficient (Wildman–Crippen LogP) is 15.0. The Morgan fingerprint density at radius 2 is 0.729 bits per heavy atom. The number of allylic oxidation sites excluding steroid dienone is 1. The maximum Gasteiger partial charge on any atom is 0.220 e. The molecule has 2 fully saturated rings. The summed E-state index contributed by atoms with van der Waals surface area (Å²) >= 11 is 0. The van der Waals surface area contributed by atoms with Crippen molar-refractivity contribution >= 4 is 5.91 Å². The second-order valence-electron chi connectivity index (χ2n) is 26.1. The highest BCUT2D eigenvalue weighted by Gasteiger charge is 2.51. The van der Waals surface area contributed by atoms with Crippen LogP contribution >= 0.6 is 0 Å². The number of aliphatic hydroxyl groups excluding tert-OH is 8. The molecule has 12 atom stereocenters. The minimum Gasteiger partial charge on any atom is -0.394 e. The zero-order valence-electron chi connectivity index (χ0n) is 54.9. The third-order valence-electron chi connectivity index (χ3n) is 18.2. The molecule has 9 N–H and O–H groups in total. The summed E-state index contributed by atoms with van der Waals surface area (Å²) in [6, 6.07) is -0.909. The average molecular weight is 1210 g/mol. The van der Waals surface area contributed by atoms with E-state index in [1.54, 1.807) is 6.08 Å². The van der Waals surface area contributed by atoms with E-state index in [4.69, 9.17) is 18.9 Å². The lowest BCUT2D eigenvalue weighted by Crippen LogP contribution is -2.65. The fraction of sp³-hybridized carbons (Fsp3) is 0.958.